The van der Waals surface area contributed by atoms with Gasteiger partial charge in [0, 0.05) is 0 Å². The summed E-state index contributed by atoms with van der Waals surface area (Å²) >= 11 is 0. The van der Waals surface area contributed by atoms with Crippen molar-refractivity contribution in [2.45, 2.75) is 341 Å². The van der Waals surface area contributed by atoms with Crippen LogP contribution in [0.15, 0.2) is 117 Å². The summed E-state index contributed by atoms with van der Waals surface area (Å²) in [6.07, 6.45) is 51.8. The van der Waals surface area contributed by atoms with Crippen LogP contribution in [0.25, 0.3) is 0 Å². The molecule has 19 nitrogen and oxygen atoms in total. The molecule has 4 aromatic rings. The van der Waals surface area contributed by atoms with E-state index in [1.54, 1.807) is 72.8 Å². The van der Waals surface area contributed by atoms with E-state index in [-0.39, 0.29) is 116 Å². The standard InChI is InChI=1S/4C18H30O3S.C4H8N2O5S.Ca.2Na/c4*1-2-3-4-5-6-7-8-9-10-11-14-17-15-12-13-16-18(17)22(19,20)21;5-3(7)1-2(4(6)8)12(9,10)11;;;/h4*12-13,15-16H,2-11,14H2,1H3,(H,19,20,21);2H,1H2,(H2,5,7)(H2,6,8)(H,9,10,11);;;/q;;;;;+2;2*+1/p-4. The molecule has 27 heteroatoms. The number of aryl methyl sites for hydroxylation is 4. The Morgan fingerprint density at radius 1 is 0.311 bits per heavy atom. The molecular weight excluding hydrogens is 1460 g/mol. The van der Waals surface area contributed by atoms with Crippen molar-refractivity contribution in [3.63, 3.8) is 0 Å². The molecule has 0 fully saturated rings. The largest absolute Gasteiger partial charge is 2.00 e. The summed E-state index contributed by atoms with van der Waals surface area (Å²) in [7, 11) is -22.0. The van der Waals surface area contributed by atoms with Crippen LogP contribution < -0.4 is 70.6 Å². The third-order valence-corrected chi connectivity index (χ3v) is 22.1. The minimum atomic E-state index is -4.63. The van der Waals surface area contributed by atoms with Gasteiger partial charge in [-0.1, -0.05) is 332 Å². The molecule has 0 spiro atoms. The van der Waals surface area contributed by atoms with E-state index in [1.807, 2.05) is 0 Å². The maximum Gasteiger partial charge on any atom is 2.00 e. The van der Waals surface area contributed by atoms with Gasteiger partial charge < -0.3 is 29.7 Å². The first-order valence-corrected chi connectivity index (χ1v) is 44.3. The van der Waals surface area contributed by atoms with Crippen molar-refractivity contribution in [1.29, 1.82) is 0 Å². The molecule has 0 saturated carbocycles. The zero-order valence-electron chi connectivity index (χ0n) is 63.5. The number of rotatable bonds is 52. The van der Waals surface area contributed by atoms with Crippen molar-refractivity contribution in [2.75, 3.05) is 0 Å². The summed E-state index contributed by atoms with van der Waals surface area (Å²) < 4.78 is 163. The minimum Gasteiger partial charge on any atom is -0.744 e. The predicted octanol–water partition coefficient (Wildman–Crippen LogP) is 11.4. The first kappa shape index (κ1) is 108. The van der Waals surface area contributed by atoms with Gasteiger partial charge >= 0.3 is 96.9 Å². The molecule has 1 unspecified atom stereocenters. The molecule has 574 valence electrons. The van der Waals surface area contributed by atoms with Crippen LogP contribution in [0, 0.1) is 0 Å². The van der Waals surface area contributed by atoms with Crippen LogP contribution in [0.1, 0.15) is 313 Å². The Morgan fingerprint density at radius 3 is 0.592 bits per heavy atom. The van der Waals surface area contributed by atoms with Crippen molar-refractivity contribution in [3.8, 4) is 0 Å². The van der Waals surface area contributed by atoms with E-state index < -0.39 is 74.1 Å². The van der Waals surface area contributed by atoms with Gasteiger partial charge in [0.1, 0.15) is 40.5 Å². The Balaban J connectivity index is -0.000000598. The molecule has 0 aliphatic heterocycles. The van der Waals surface area contributed by atoms with Crippen LogP contribution in [-0.4, -0.2) is 120 Å². The topological polar surface area (TPSA) is 369 Å². The van der Waals surface area contributed by atoms with Gasteiger partial charge in [0.15, 0.2) is 5.25 Å². The third-order valence-electron chi connectivity index (χ3n) is 17.2. The molecule has 0 aliphatic rings. The Kier molecular flexibility index (Phi) is 69.6. The van der Waals surface area contributed by atoms with Gasteiger partial charge in [-0.2, -0.15) is 8.42 Å². The van der Waals surface area contributed by atoms with E-state index >= 15 is 0 Å². The minimum absolute atomic E-state index is 0. The van der Waals surface area contributed by atoms with Gasteiger partial charge in [-0.3, -0.25) is 14.1 Å². The fourth-order valence-corrected chi connectivity index (χ4v) is 15.2. The molecular formula is C76H124CaN2Na2O17S5. The SMILES string of the molecule is CCCCCCCCCCCCc1ccccc1S(=O)(=O)[O-].CCCCCCCCCCCCc1ccccc1S(=O)(=O)[O-].CCCCCCCCCCCCc1ccccc1S(=O)(=O)[O-].CCCCCCCCCCCCc1ccccc1S(=O)(=O)[O-].NC(=O)CC(C(N)=O)S(=O)(=O)O.[Ca+2].[Na+].[Na+]. The fraction of sp³-hybridized carbons (Fsp3) is 0.658. The molecule has 2 amide bonds. The van der Waals surface area contributed by atoms with Crippen molar-refractivity contribution in [2.24, 2.45) is 11.5 Å². The number of primary amides is 2. The molecule has 1 atom stereocenters. The smallest absolute Gasteiger partial charge is 0.744 e. The van der Waals surface area contributed by atoms with Gasteiger partial charge in [0.2, 0.25) is 11.8 Å². The Labute approximate surface area is 698 Å². The van der Waals surface area contributed by atoms with Gasteiger partial charge in [-0.25, -0.2) is 33.7 Å². The molecule has 0 aromatic heterocycles. The molecule has 0 bridgehead atoms. The van der Waals surface area contributed by atoms with Crippen LogP contribution in [0.3, 0.4) is 0 Å². The maximum atomic E-state index is 11.2. The van der Waals surface area contributed by atoms with Gasteiger partial charge in [-0.15, -0.1) is 0 Å². The molecule has 0 radical (unpaired) electrons. The van der Waals surface area contributed by atoms with Crippen LogP contribution in [0.2, 0.25) is 0 Å². The van der Waals surface area contributed by atoms with E-state index in [1.165, 1.54) is 230 Å². The summed E-state index contributed by atoms with van der Waals surface area (Å²) in [5, 5.41) is -1.95. The average molecular weight is 1580 g/mol. The summed E-state index contributed by atoms with van der Waals surface area (Å²) in [4.78, 5) is 20.4. The number of unbranched alkanes of at least 4 members (excludes halogenated alkanes) is 36. The maximum absolute atomic E-state index is 11.2. The van der Waals surface area contributed by atoms with Crippen LogP contribution in [0.4, 0.5) is 0 Å². The van der Waals surface area contributed by atoms with Gasteiger partial charge in [-0.05, 0) is 97.9 Å². The van der Waals surface area contributed by atoms with Crippen molar-refractivity contribution >= 4 is 100 Å². The molecule has 103 heavy (non-hydrogen) atoms. The van der Waals surface area contributed by atoms with Crippen molar-refractivity contribution < 1.29 is 134 Å². The van der Waals surface area contributed by atoms with Crippen molar-refractivity contribution in [3.05, 3.63) is 119 Å². The molecule has 4 rings (SSSR count). The summed E-state index contributed by atoms with van der Waals surface area (Å²) in [5.41, 5.74) is 11.8. The number of amides is 2. The molecule has 0 aliphatic carbocycles. The first-order chi connectivity index (χ1) is 47.5. The normalized spacial score (nSPS) is 11.6. The number of carbonyl (C=O) groups excluding carboxylic acids is 2. The Hall–Kier alpha value is -1.37. The third kappa shape index (κ3) is 59.2. The zero-order chi connectivity index (χ0) is 75.0. The number of carbonyl (C=O) groups is 2. The fourth-order valence-electron chi connectivity index (χ4n) is 11.6. The quantitative estimate of drug-likeness (QED) is 0.0210. The van der Waals surface area contributed by atoms with E-state index in [0.717, 1.165) is 51.4 Å². The number of hydrogen-bond acceptors (Lipinski definition) is 16. The van der Waals surface area contributed by atoms with Crippen LogP contribution >= 0.6 is 0 Å². The number of nitrogens with two attached hydrogens (primary N) is 2. The van der Waals surface area contributed by atoms with E-state index in [0.29, 0.717) is 47.9 Å². The molecule has 0 saturated heterocycles. The van der Waals surface area contributed by atoms with Crippen molar-refractivity contribution in [1.82, 2.24) is 0 Å². The van der Waals surface area contributed by atoms with Gasteiger partial charge in [0.25, 0.3) is 10.1 Å². The second-order valence-corrected chi connectivity index (χ2v) is 33.0. The van der Waals surface area contributed by atoms with E-state index in [2.05, 4.69) is 39.2 Å². The molecule has 0 heterocycles. The molecule has 5 N–H and O–H groups in total. The second kappa shape index (κ2) is 66.4. The average Bonchev–Trinajstić information content (AvgIpc) is 0.857. The summed E-state index contributed by atoms with van der Waals surface area (Å²) in [6, 6.07) is 26.2. The summed E-state index contributed by atoms with van der Waals surface area (Å²) in [6.45, 7) is 8.93. The van der Waals surface area contributed by atoms with E-state index in [4.69, 9.17) is 4.55 Å². The van der Waals surface area contributed by atoms with E-state index in [9.17, 15) is 69.9 Å². The summed E-state index contributed by atoms with van der Waals surface area (Å²) in [5.74, 6) is -2.34. The Morgan fingerprint density at radius 2 is 0.466 bits per heavy atom. The zero-order valence-corrected chi connectivity index (χ0v) is 73.8. The predicted molar refractivity (Wildman–Crippen MR) is 404 cm³/mol. The van der Waals surface area contributed by atoms with Crippen LogP contribution in [-0.2, 0) is 85.9 Å². The molecule has 4 aromatic carbocycles. The second-order valence-electron chi connectivity index (χ2n) is 26.1. The first-order valence-electron chi connectivity index (χ1n) is 37.2. The number of benzene rings is 4. The number of hydrogen-bond donors (Lipinski definition) is 3. The Bertz CT molecular complexity index is 3010. The van der Waals surface area contributed by atoms with Crippen LogP contribution in [0.5, 0.6) is 0 Å². The van der Waals surface area contributed by atoms with Gasteiger partial charge in [0.05, 0.1) is 26.0 Å². The monoisotopic (exact) mass is 1580 g/mol.